The Kier molecular flexibility index (Phi) is 9.77. The van der Waals surface area contributed by atoms with Crippen LogP contribution in [0.25, 0.3) is 22.0 Å². The summed E-state index contributed by atoms with van der Waals surface area (Å²) in [5.41, 5.74) is 6.29. The van der Waals surface area contributed by atoms with E-state index in [1.807, 2.05) is 50.4 Å². The molecule has 1 N–H and O–H groups in total. The zero-order valence-electron chi connectivity index (χ0n) is 27.8. The van der Waals surface area contributed by atoms with Gasteiger partial charge in [-0.1, -0.05) is 51.1 Å². The van der Waals surface area contributed by atoms with E-state index >= 15 is 0 Å². The maximum absolute atomic E-state index is 12.4. The largest absolute Gasteiger partial charge is 0.487 e. The Labute approximate surface area is 276 Å². The predicted octanol–water partition coefficient (Wildman–Crippen LogP) is 8.98. The summed E-state index contributed by atoms with van der Waals surface area (Å²) >= 11 is 1.77. The molecule has 3 heterocycles. The van der Waals surface area contributed by atoms with Gasteiger partial charge in [-0.2, -0.15) is 0 Å². The maximum atomic E-state index is 12.4. The van der Waals surface area contributed by atoms with E-state index in [0.29, 0.717) is 32.1 Å². The van der Waals surface area contributed by atoms with Crippen molar-refractivity contribution in [2.75, 3.05) is 6.61 Å². The molecule has 0 fully saturated rings. The summed E-state index contributed by atoms with van der Waals surface area (Å²) in [6.07, 6.45) is 4.00. The van der Waals surface area contributed by atoms with Crippen LogP contribution >= 0.6 is 11.8 Å². The number of fused-ring (bicyclic) bond motifs is 1. The van der Waals surface area contributed by atoms with Gasteiger partial charge in [0.2, 0.25) is 5.88 Å². The minimum absolute atomic E-state index is 0.101. The fourth-order valence-corrected chi connectivity index (χ4v) is 6.49. The lowest BCUT2D eigenvalue weighted by molar-refractivity contribution is -0.146. The number of carboxylic acids is 1. The smallest absolute Gasteiger partial charge is 0.309 e. The van der Waals surface area contributed by atoms with Crippen molar-refractivity contribution in [3.63, 3.8) is 0 Å². The molecule has 3 aromatic heterocycles. The van der Waals surface area contributed by atoms with Gasteiger partial charge in [0, 0.05) is 63.2 Å². The average molecular weight is 638 g/mol. The molecule has 0 spiro atoms. The third-order valence-corrected chi connectivity index (χ3v) is 9.11. The molecule has 240 valence electrons. The first-order chi connectivity index (χ1) is 21.8. The van der Waals surface area contributed by atoms with Crippen molar-refractivity contribution >= 4 is 28.6 Å². The molecule has 0 bridgehead atoms. The number of aromatic nitrogens is 3. The molecule has 0 atom stereocenters. The monoisotopic (exact) mass is 637 g/mol. The van der Waals surface area contributed by atoms with E-state index < -0.39 is 11.4 Å². The van der Waals surface area contributed by atoms with Gasteiger partial charge in [-0.15, -0.1) is 11.8 Å². The van der Waals surface area contributed by atoms with E-state index in [9.17, 15) is 9.90 Å². The van der Waals surface area contributed by atoms with Crippen LogP contribution in [0.3, 0.4) is 0 Å². The number of carboxylic acid groups (broad SMARTS) is 1. The predicted molar refractivity (Wildman–Crippen MR) is 186 cm³/mol. The molecule has 5 aromatic rings. The van der Waals surface area contributed by atoms with Crippen molar-refractivity contribution in [2.24, 2.45) is 5.41 Å². The molecule has 0 amide bonds. The van der Waals surface area contributed by atoms with Crippen molar-refractivity contribution in [3.8, 4) is 22.8 Å². The van der Waals surface area contributed by atoms with Crippen LogP contribution in [-0.2, 0) is 24.4 Å². The lowest BCUT2D eigenvalue weighted by Crippen LogP contribution is -2.28. The van der Waals surface area contributed by atoms with E-state index in [-0.39, 0.29) is 4.75 Å². The number of aliphatic carboxylic acids is 1. The van der Waals surface area contributed by atoms with Crippen molar-refractivity contribution in [1.29, 1.82) is 0 Å². The third-order valence-electron chi connectivity index (χ3n) is 7.84. The number of hydrogen-bond donors (Lipinski definition) is 1. The number of benzene rings is 2. The quantitative estimate of drug-likeness (QED) is 0.137. The van der Waals surface area contributed by atoms with Gasteiger partial charge < -0.3 is 19.1 Å². The second kappa shape index (κ2) is 13.6. The molecule has 0 radical (unpaired) electrons. The van der Waals surface area contributed by atoms with Crippen LogP contribution < -0.4 is 9.47 Å². The molecule has 5 rings (SSSR count). The minimum Gasteiger partial charge on any atom is -0.487 e. The summed E-state index contributed by atoms with van der Waals surface area (Å²) in [4.78, 5) is 22.4. The molecule has 8 heteroatoms. The normalized spacial score (nSPS) is 12.0. The van der Waals surface area contributed by atoms with Crippen LogP contribution in [0.15, 0.2) is 84.0 Å². The van der Waals surface area contributed by atoms with Gasteiger partial charge >= 0.3 is 5.97 Å². The Hall–Kier alpha value is -4.30. The average Bonchev–Trinajstić information content (AvgIpc) is 3.27. The SMILES string of the molecule is CCOc1ccc(-c2ccc(Cn3c(CC(C)(C)C(=O)O)c(SC(C)(C)C)c4cc(OCc5ncccc5C)ccc43)cc2)cn1. The third kappa shape index (κ3) is 7.73. The number of ether oxygens (including phenoxy) is 2. The highest BCUT2D eigenvalue weighted by Gasteiger charge is 2.33. The Morgan fingerprint density at radius 2 is 1.67 bits per heavy atom. The Morgan fingerprint density at radius 3 is 2.30 bits per heavy atom. The summed E-state index contributed by atoms with van der Waals surface area (Å²) in [7, 11) is 0. The highest BCUT2D eigenvalue weighted by molar-refractivity contribution is 8.00. The zero-order chi connectivity index (χ0) is 33.1. The van der Waals surface area contributed by atoms with Crippen molar-refractivity contribution in [2.45, 2.75) is 77.7 Å². The van der Waals surface area contributed by atoms with Crippen molar-refractivity contribution < 1.29 is 19.4 Å². The summed E-state index contributed by atoms with van der Waals surface area (Å²) in [6.45, 7) is 15.7. The first kappa shape index (κ1) is 33.1. The summed E-state index contributed by atoms with van der Waals surface area (Å²) < 4.78 is 13.9. The van der Waals surface area contributed by atoms with Gasteiger partial charge in [-0.25, -0.2) is 4.98 Å². The second-order valence-corrected chi connectivity index (χ2v) is 15.0. The van der Waals surface area contributed by atoms with Crippen molar-refractivity contribution in [3.05, 3.63) is 102 Å². The van der Waals surface area contributed by atoms with Crippen LogP contribution in [-0.4, -0.2) is 37.0 Å². The fourth-order valence-electron chi connectivity index (χ4n) is 5.31. The number of pyridine rings is 2. The number of aryl methyl sites for hydroxylation is 1. The molecule has 2 aromatic carbocycles. The van der Waals surface area contributed by atoms with Crippen LogP contribution in [0.2, 0.25) is 0 Å². The van der Waals surface area contributed by atoms with Gasteiger partial charge in [0.25, 0.3) is 0 Å². The number of nitrogens with zero attached hydrogens (tertiary/aromatic N) is 3. The molecule has 0 saturated heterocycles. The molecular formula is C38H43N3O4S. The standard InChI is InChI=1S/C38H43N3O4S/c1-8-44-34-18-15-28(22-40-34)27-13-11-26(12-14-27)23-41-32-17-16-29(45-24-31-25(2)10-9-19-39-31)20-30(32)35(46-37(3,4)5)33(41)21-38(6,7)36(42)43/h9-20,22H,8,21,23-24H2,1-7H3,(H,42,43). The Morgan fingerprint density at radius 1 is 0.935 bits per heavy atom. The number of hydrogen-bond acceptors (Lipinski definition) is 6. The highest BCUT2D eigenvalue weighted by Crippen LogP contribution is 2.44. The Balaban J connectivity index is 1.55. The van der Waals surface area contributed by atoms with Gasteiger partial charge in [0.15, 0.2) is 0 Å². The zero-order valence-corrected chi connectivity index (χ0v) is 28.6. The molecule has 0 aliphatic carbocycles. The van der Waals surface area contributed by atoms with Gasteiger partial charge in [-0.3, -0.25) is 9.78 Å². The second-order valence-electron chi connectivity index (χ2n) is 13.2. The lowest BCUT2D eigenvalue weighted by Gasteiger charge is -2.24. The molecule has 7 nitrogen and oxygen atoms in total. The number of rotatable bonds is 12. The number of carbonyl (C=O) groups is 1. The van der Waals surface area contributed by atoms with Gasteiger partial charge in [0.05, 0.1) is 17.7 Å². The van der Waals surface area contributed by atoms with Crippen LogP contribution in [0.5, 0.6) is 11.6 Å². The summed E-state index contributed by atoms with van der Waals surface area (Å²) in [6, 6.07) is 22.5. The summed E-state index contributed by atoms with van der Waals surface area (Å²) in [5, 5.41) is 11.2. The molecule has 0 saturated carbocycles. The van der Waals surface area contributed by atoms with Gasteiger partial charge in [0.1, 0.15) is 12.4 Å². The molecular weight excluding hydrogens is 595 g/mol. The van der Waals surface area contributed by atoms with Gasteiger partial charge in [-0.05, 0) is 74.7 Å². The van der Waals surface area contributed by atoms with E-state index in [2.05, 4.69) is 71.7 Å². The van der Waals surface area contributed by atoms with E-state index in [4.69, 9.17) is 9.47 Å². The van der Waals surface area contributed by atoms with Crippen LogP contribution in [0.1, 0.15) is 64.1 Å². The molecule has 46 heavy (non-hydrogen) atoms. The van der Waals surface area contributed by atoms with Crippen LogP contribution in [0.4, 0.5) is 0 Å². The first-order valence-corrected chi connectivity index (χ1v) is 16.5. The van der Waals surface area contributed by atoms with Crippen molar-refractivity contribution in [1.82, 2.24) is 14.5 Å². The molecule has 0 aliphatic heterocycles. The number of thioether (sulfide) groups is 1. The topological polar surface area (TPSA) is 86.5 Å². The minimum atomic E-state index is -0.959. The summed E-state index contributed by atoms with van der Waals surface area (Å²) in [5.74, 6) is 0.547. The lowest BCUT2D eigenvalue weighted by atomic mass is 9.88. The Bertz CT molecular complexity index is 1820. The van der Waals surface area contributed by atoms with E-state index in [0.717, 1.165) is 55.2 Å². The maximum Gasteiger partial charge on any atom is 0.309 e. The molecule has 0 unspecified atom stereocenters. The fraction of sp³-hybridized carbons (Fsp3) is 0.342. The van der Waals surface area contributed by atoms with Crippen LogP contribution in [0, 0.1) is 12.3 Å². The van der Waals surface area contributed by atoms with E-state index in [1.54, 1.807) is 31.8 Å². The van der Waals surface area contributed by atoms with E-state index in [1.165, 1.54) is 0 Å². The highest BCUT2D eigenvalue weighted by atomic mass is 32.2. The molecule has 0 aliphatic rings. The first-order valence-electron chi connectivity index (χ1n) is 15.6.